The first-order valence-electron chi connectivity index (χ1n) is 5.64. The maximum Gasteiger partial charge on any atom is 0.144 e. The van der Waals surface area contributed by atoms with Gasteiger partial charge in [0.15, 0.2) is 0 Å². The van der Waals surface area contributed by atoms with Crippen molar-refractivity contribution in [2.24, 2.45) is 5.41 Å². The third kappa shape index (κ3) is 3.63. The second-order valence-corrected chi connectivity index (χ2v) is 4.74. The van der Waals surface area contributed by atoms with E-state index in [4.69, 9.17) is 5.26 Å². The summed E-state index contributed by atoms with van der Waals surface area (Å²) in [7, 11) is 0. The van der Waals surface area contributed by atoms with Gasteiger partial charge in [-0.1, -0.05) is 26.8 Å². The van der Waals surface area contributed by atoms with Crippen LogP contribution in [0.15, 0.2) is 18.3 Å². The van der Waals surface area contributed by atoms with E-state index in [9.17, 15) is 0 Å². The van der Waals surface area contributed by atoms with E-state index in [1.807, 2.05) is 12.1 Å². The molecule has 0 spiro atoms. The molecule has 0 aliphatic heterocycles. The molecule has 1 N–H and O–H groups in total. The highest BCUT2D eigenvalue weighted by atomic mass is 14.9. The Morgan fingerprint density at radius 3 is 2.88 bits per heavy atom. The number of nitrogens with one attached hydrogen (secondary N) is 1. The van der Waals surface area contributed by atoms with Crippen molar-refractivity contribution in [3.05, 3.63) is 29.6 Å². The van der Waals surface area contributed by atoms with Crippen LogP contribution >= 0.6 is 0 Å². The lowest BCUT2D eigenvalue weighted by molar-refractivity contribution is 0.327. The summed E-state index contributed by atoms with van der Waals surface area (Å²) in [6.45, 7) is 8.30. The Labute approximate surface area is 97.5 Å². The predicted octanol–water partition coefficient (Wildman–Crippen LogP) is 2.48. The maximum atomic E-state index is 8.88. The van der Waals surface area contributed by atoms with Crippen molar-refractivity contribution >= 4 is 0 Å². The smallest absolute Gasteiger partial charge is 0.144 e. The number of hydrogen-bond donors (Lipinski definition) is 1. The van der Waals surface area contributed by atoms with E-state index >= 15 is 0 Å². The average Bonchev–Trinajstić information content (AvgIpc) is 2.29. The Balaban J connectivity index is 2.53. The SMILES string of the molecule is CCC(C)(C)CNCc1cccnc1C#N. The van der Waals surface area contributed by atoms with Gasteiger partial charge < -0.3 is 5.32 Å². The van der Waals surface area contributed by atoms with Crippen LogP contribution in [0.25, 0.3) is 0 Å². The van der Waals surface area contributed by atoms with Crippen LogP contribution in [0.2, 0.25) is 0 Å². The lowest BCUT2D eigenvalue weighted by Gasteiger charge is -2.23. The van der Waals surface area contributed by atoms with Crippen molar-refractivity contribution in [3.8, 4) is 6.07 Å². The molecule has 0 bridgehead atoms. The molecule has 0 atom stereocenters. The fourth-order valence-electron chi connectivity index (χ4n) is 1.34. The van der Waals surface area contributed by atoms with Gasteiger partial charge >= 0.3 is 0 Å². The van der Waals surface area contributed by atoms with Crippen LogP contribution in [0.3, 0.4) is 0 Å². The topological polar surface area (TPSA) is 48.7 Å². The van der Waals surface area contributed by atoms with Crippen LogP contribution in [0, 0.1) is 16.7 Å². The Morgan fingerprint density at radius 2 is 2.25 bits per heavy atom. The molecule has 0 saturated heterocycles. The molecule has 0 aliphatic rings. The van der Waals surface area contributed by atoms with Crippen molar-refractivity contribution < 1.29 is 0 Å². The first-order valence-corrected chi connectivity index (χ1v) is 5.64. The van der Waals surface area contributed by atoms with E-state index in [0.29, 0.717) is 17.7 Å². The third-order valence-corrected chi connectivity index (χ3v) is 2.87. The molecule has 86 valence electrons. The van der Waals surface area contributed by atoms with E-state index in [2.05, 4.69) is 37.1 Å². The Bertz CT molecular complexity index is 377. The summed E-state index contributed by atoms with van der Waals surface area (Å²) in [6, 6.07) is 5.91. The third-order valence-electron chi connectivity index (χ3n) is 2.87. The largest absolute Gasteiger partial charge is 0.312 e. The molecule has 0 unspecified atom stereocenters. The molecule has 3 heteroatoms. The Hall–Kier alpha value is -1.40. The summed E-state index contributed by atoms with van der Waals surface area (Å²) in [5, 5.41) is 12.3. The molecule has 0 amide bonds. The minimum Gasteiger partial charge on any atom is -0.312 e. The second-order valence-electron chi connectivity index (χ2n) is 4.74. The summed E-state index contributed by atoms with van der Waals surface area (Å²) in [6.07, 6.45) is 2.79. The van der Waals surface area contributed by atoms with Crippen LogP contribution in [0.4, 0.5) is 0 Å². The van der Waals surface area contributed by atoms with Crippen molar-refractivity contribution in [3.63, 3.8) is 0 Å². The molecule has 0 radical (unpaired) electrons. The normalized spacial score (nSPS) is 11.1. The fraction of sp³-hybridized carbons (Fsp3) is 0.538. The molecular weight excluding hydrogens is 198 g/mol. The van der Waals surface area contributed by atoms with Gasteiger partial charge in [-0.3, -0.25) is 0 Å². The highest BCUT2D eigenvalue weighted by Crippen LogP contribution is 2.18. The number of nitriles is 1. The highest BCUT2D eigenvalue weighted by Gasteiger charge is 2.14. The van der Waals surface area contributed by atoms with E-state index < -0.39 is 0 Å². The summed E-state index contributed by atoms with van der Waals surface area (Å²) >= 11 is 0. The zero-order valence-corrected chi connectivity index (χ0v) is 10.2. The molecule has 0 aromatic carbocycles. The van der Waals surface area contributed by atoms with Gasteiger partial charge in [0.1, 0.15) is 11.8 Å². The average molecular weight is 217 g/mol. The molecule has 0 aliphatic carbocycles. The lowest BCUT2D eigenvalue weighted by atomic mass is 9.90. The van der Waals surface area contributed by atoms with Crippen molar-refractivity contribution in [2.75, 3.05) is 6.54 Å². The summed E-state index contributed by atoms with van der Waals surface area (Å²) in [4.78, 5) is 4.03. The van der Waals surface area contributed by atoms with Crippen LogP contribution in [-0.2, 0) is 6.54 Å². The first kappa shape index (κ1) is 12.7. The van der Waals surface area contributed by atoms with Gasteiger partial charge in [-0.2, -0.15) is 5.26 Å². The van der Waals surface area contributed by atoms with Gasteiger partial charge in [0.25, 0.3) is 0 Å². The van der Waals surface area contributed by atoms with Crippen LogP contribution < -0.4 is 5.32 Å². The van der Waals surface area contributed by atoms with Gasteiger partial charge in [0.05, 0.1) is 0 Å². The quantitative estimate of drug-likeness (QED) is 0.824. The van der Waals surface area contributed by atoms with E-state index in [1.165, 1.54) is 0 Å². The second kappa shape index (κ2) is 5.62. The van der Waals surface area contributed by atoms with E-state index in [1.54, 1.807) is 6.20 Å². The molecular formula is C13H19N3. The van der Waals surface area contributed by atoms with Gasteiger partial charge in [0, 0.05) is 24.8 Å². The van der Waals surface area contributed by atoms with Crippen molar-refractivity contribution in [1.29, 1.82) is 5.26 Å². The lowest BCUT2D eigenvalue weighted by Crippen LogP contribution is -2.28. The van der Waals surface area contributed by atoms with Crippen molar-refractivity contribution in [1.82, 2.24) is 10.3 Å². The Kier molecular flexibility index (Phi) is 4.45. The zero-order chi connectivity index (χ0) is 12.0. The molecule has 16 heavy (non-hydrogen) atoms. The summed E-state index contributed by atoms with van der Waals surface area (Å²) < 4.78 is 0. The number of aromatic nitrogens is 1. The zero-order valence-electron chi connectivity index (χ0n) is 10.2. The minimum absolute atomic E-state index is 0.301. The molecule has 3 nitrogen and oxygen atoms in total. The van der Waals surface area contributed by atoms with E-state index in [0.717, 1.165) is 18.5 Å². The maximum absolute atomic E-state index is 8.88. The summed E-state index contributed by atoms with van der Waals surface area (Å²) in [5.74, 6) is 0. The standard InChI is InChI=1S/C13H19N3/c1-4-13(2,3)10-15-9-11-6-5-7-16-12(11)8-14/h5-7,15H,4,9-10H2,1-3H3. The van der Waals surface area contributed by atoms with Crippen LogP contribution in [0.5, 0.6) is 0 Å². The van der Waals surface area contributed by atoms with E-state index in [-0.39, 0.29) is 0 Å². The number of nitrogens with zero attached hydrogens (tertiary/aromatic N) is 2. The first-order chi connectivity index (χ1) is 7.59. The van der Waals surface area contributed by atoms with Gasteiger partial charge in [0.2, 0.25) is 0 Å². The summed E-state index contributed by atoms with van der Waals surface area (Å²) in [5.41, 5.74) is 1.79. The molecule has 1 aromatic rings. The van der Waals surface area contributed by atoms with Crippen LogP contribution in [0.1, 0.15) is 38.4 Å². The highest BCUT2D eigenvalue weighted by molar-refractivity contribution is 5.30. The predicted molar refractivity (Wildman–Crippen MR) is 64.7 cm³/mol. The molecule has 1 rings (SSSR count). The van der Waals surface area contributed by atoms with Gasteiger partial charge in [-0.05, 0) is 17.9 Å². The van der Waals surface area contributed by atoms with Gasteiger partial charge in [-0.15, -0.1) is 0 Å². The molecule has 1 aromatic heterocycles. The Morgan fingerprint density at radius 1 is 1.50 bits per heavy atom. The number of rotatable bonds is 5. The molecule has 1 heterocycles. The minimum atomic E-state index is 0.301. The fourth-order valence-corrected chi connectivity index (χ4v) is 1.34. The number of hydrogen-bond acceptors (Lipinski definition) is 3. The number of pyridine rings is 1. The van der Waals surface area contributed by atoms with Gasteiger partial charge in [-0.25, -0.2) is 4.98 Å². The molecule has 0 saturated carbocycles. The van der Waals surface area contributed by atoms with Crippen molar-refractivity contribution in [2.45, 2.75) is 33.7 Å². The monoisotopic (exact) mass is 217 g/mol. The molecule has 0 fully saturated rings. The van der Waals surface area contributed by atoms with Crippen LogP contribution in [-0.4, -0.2) is 11.5 Å².